The molecule has 1 rings (SSSR count). The number of hydrogen-bond acceptors (Lipinski definition) is 2. The molecule has 1 atom stereocenters. The van der Waals surface area contributed by atoms with Crippen LogP contribution in [0.2, 0.25) is 0 Å². The molecule has 0 radical (unpaired) electrons. The summed E-state index contributed by atoms with van der Waals surface area (Å²) in [7, 11) is -1.16. The lowest BCUT2D eigenvalue weighted by atomic mass is 10.7. The molecule has 0 saturated carbocycles. The molecule has 0 aliphatic rings. The Kier molecular flexibility index (Phi) is 1.85. The van der Waals surface area contributed by atoms with Crippen LogP contribution in [0, 0.1) is 0 Å². The summed E-state index contributed by atoms with van der Waals surface area (Å²) in [5.41, 5.74) is 0. The lowest BCUT2D eigenvalue weighted by Crippen LogP contribution is -1.78. The van der Waals surface area contributed by atoms with E-state index in [1.807, 2.05) is 0 Å². The average Bonchev–Trinajstić information content (AvgIpc) is 2.37. The summed E-state index contributed by atoms with van der Waals surface area (Å²) in [6.07, 6.45) is 1.48. The third-order valence-electron chi connectivity index (χ3n) is 0.845. The number of rotatable bonds is 2. The van der Waals surface area contributed by atoms with Crippen molar-refractivity contribution in [3.05, 3.63) is 30.4 Å². The normalized spacial score (nSPS) is 12.9. The quantitative estimate of drug-likeness (QED) is 0.626. The molecule has 1 unspecified atom stereocenters. The van der Waals surface area contributed by atoms with Crippen LogP contribution in [0.1, 0.15) is 0 Å². The summed E-state index contributed by atoms with van der Waals surface area (Å²) in [4.78, 5) is 0. The highest BCUT2D eigenvalue weighted by Crippen LogP contribution is 2.05. The number of furan rings is 1. The Morgan fingerprint density at radius 2 is 2.56 bits per heavy atom. The molecule has 1 heterocycles. The Morgan fingerprint density at radius 1 is 1.78 bits per heavy atom. The standard InChI is InChI=1S/C6H6O2S/c1-2-9(7)6-4-3-5-8-6/h2-5H,1H2. The molecule has 3 heteroatoms. The second-order valence-electron chi connectivity index (χ2n) is 1.40. The van der Waals surface area contributed by atoms with Crippen molar-refractivity contribution in [2.75, 3.05) is 0 Å². The van der Waals surface area contributed by atoms with E-state index in [9.17, 15) is 4.21 Å². The van der Waals surface area contributed by atoms with Crippen LogP contribution >= 0.6 is 0 Å². The van der Waals surface area contributed by atoms with E-state index in [-0.39, 0.29) is 0 Å². The topological polar surface area (TPSA) is 30.2 Å². The largest absolute Gasteiger partial charge is 0.455 e. The lowest BCUT2D eigenvalue weighted by molar-refractivity contribution is 0.467. The summed E-state index contributed by atoms with van der Waals surface area (Å²) in [5.74, 6) is 0. The van der Waals surface area contributed by atoms with Crippen molar-refractivity contribution < 1.29 is 8.63 Å². The maximum absolute atomic E-state index is 10.8. The van der Waals surface area contributed by atoms with Gasteiger partial charge in [0.15, 0.2) is 5.09 Å². The van der Waals surface area contributed by atoms with Gasteiger partial charge in [-0.15, -0.1) is 0 Å². The van der Waals surface area contributed by atoms with Crippen LogP contribution < -0.4 is 0 Å². The SMILES string of the molecule is C=CS(=O)c1ccco1. The highest BCUT2D eigenvalue weighted by atomic mass is 32.2. The van der Waals surface area contributed by atoms with Crippen LogP contribution in [-0.4, -0.2) is 4.21 Å². The molecule has 0 aromatic carbocycles. The first-order valence-corrected chi connectivity index (χ1v) is 3.62. The monoisotopic (exact) mass is 142 g/mol. The summed E-state index contributed by atoms with van der Waals surface area (Å²) in [6, 6.07) is 3.34. The Hall–Kier alpha value is -0.830. The molecular weight excluding hydrogens is 136 g/mol. The van der Waals surface area contributed by atoms with Crippen molar-refractivity contribution in [2.45, 2.75) is 5.09 Å². The van der Waals surface area contributed by atoms with Gasteiger partial charge in [0.25, 0.3) is 0 Å². The highest BCUT2D eigenvalue weighted by Gasteiger charge is 1.98. The van der Waals surface area contributed by atoms with Crippen molar-refractivity contribution in [1.82, 2.24) is 0 Å². The van der Waals surface area contributed by atoms with Gasteiger partial charge in [-0.25, -0.2) is 4.21 Å². The predicted octanol–water partition coefficient (Wildman–Crippen LogP) is 1.53. The molecule has 0 amide bonds. The minimum Gasteiger partial charge on any atom is -0.455 e. The van der Waals surface area contributed by atoms with Gasteiger partial charge in [-0.1, -0.05) is 6.58 Å². The molecule has 1 aromatic rings. The average molecular weight is 142 g/mol. The molecular formula is C6H6O2S. The molecule has 0 aliphatic carbocycles. The maximum Gasteiger partial charge on any atom is 0.194 e. The van der Waals surface area contributed by atoms with Gasteiger partial charge in [0.05, 0.1) is 6.26 Å². The van der Waals surface area contributed by atoms with Gasteiger partial charge in [-0.2, -0.15) is 0 Å². The van der Waals surface area contributed by atoms with Crippen molar-refractivity contribution in [3.63, 3.8) is 0 Å². The van der Waals surface area contributed by atoms with Crippen molar-refractivity contribution in [2.24, 2.45) is 0 Å². The summed E-state index contributed by atoms with van der Waals surface area (Å²) in [5, 5.41) is 1.78. The van der Waals surface area contributed by atoms with Crippen molar-refractivity contribution in [3.8, 4) is 0 Å². The summed E-state index contributed by atoms with van der Waals surface area (Å²) in [6.45, 7) is 3.36. The molecule has 48 valence electrons. The first-order chi connectivity index (χ1) is 4.34. The minimum absolute atomic E-state index is 0.449. The number of hydrogen-bond donors (Lipinski definition) is 0. The van der Waals surface area contributed by atoms with Gasteiger partial charge in [0.1, 0.15) is 10.8 Å². The van der Waals surface area contributed by atoms with Gasteiger partial charge in [-0.05, 0) is 12.1 Å². The van der Waals surface area contributed by atoms with Crippen LogP contribution in [0.4, 0.5) is 0 Å². The van der Waals surface area contributed by atoms with E-state index >= 15 is 0 Å². The molecule has 0 N–H and O–H groups in total. The zero-order chi connectivity index (χ0) is 6.69. The van der Waals surface area contributed by atoms with E-state index in [2.05, 4.69) is 6.58 Å². The highest BCUT2D eigenvalue weighted by molar-refractivity contribution is 7.87. The summed E-state index contributed by atoms with van der Waals surface area (Å²) >= 11 is 0. The van der Waals surface area contributed by atoms with Crippen molar-refractivity contribution in [1.29, 1.82) is 0 Å². The van der Waals surface area contributed by atoms with Gasteiger partial charge in [-0.3, -0.25) is 0 Å². The fourth-order valence-electron chi connectivity index (χ4n) is 0.460. The zero-order valence-corrected chi connectivity index (χ0v) is 5.56. The van der Waals surface area contributed by atoms with Gasteiger partial charge >= 0.3 is 0 Å². The molecule has 0 spiro atoms. The second kappa shape index (κ2) is 2.64. The molecule has 9 heavy (non-hydrogen) atoms. The van der Waals surface area contributed by atoms with E-state index in [1.54, 1.807) is 12.1 Å². The van der Waals surface area contributed by atoms with Gasteiger partial charge in [0, 0.05) is 5.41 Å². The summed E-state index contributed by atoms with van der Waals surface area (Å²) < 4.78 is 15.6. The maximum atomic E-state index is 10.8. The van der Waals surface area contributed by atoms with Crippen LogP contribution in [0.3, 0.4) is 0 Å². The zero-order valence-electron chi connectivity index (χ0n) is 4.74. The fraction of sp³-hybridized carbons (Fsp3) is 0. The second-order valence-corrected chi connectivity index (χ2v) is 2.73. The molecule has 0 fully saturated rings. The molecule has 2 nitrogen and oxygen atoms in total. The van der Waals surface area contributed by atoms with Crippen LogP contribution in [0.5, 0.6) is 0 Å². The van der Waals surface area contributed by atoms with Crippen LogP contribution in [-0.2, 0) is 10.8 Å². The molecule has 1 aromatic heterocycles. The first-order valence-electron chi connectivity index (χ1n) is 2.41. The Bertz CT molecular complexity index is 213. The molecule has 0 bridgehead atoms. The molecule has 0 saturated heterocycles. The van der Waals surface area contributed by atoms with Crippen LogP contribution in [0.15, 0.2) is 39.9 Å². The third-order valence-corrected chi connectivity index (χ3v) is 1.78. The van der Waals surface area contributed by atoms with E-state index in [1.165, 1.54) is 11.7 Å². The lowest BCUT2D eigenvalue weighted by Gasteiger charge is -1.83. The van der Waals surface area contributed by atoms with Crippen LogP contribution in [0.25, 0.3) is 0 Å². The Labute approximate surface area is 55.6 Å². The van der Waals surface area contributed by atoms with E-state index in [0.29, 0.717) is 5.09 Å². The Morgan fingerprint density at radius 3 is 3.00 bits per heavy atom. The van der Waals surface area contributed by atoms with E-state index in [0.717, 1.165) is 0 Å². The van der Waals surface area contributed by atoms with Gasteiger partial charge < -0.3 is 4.42 Å². The first kappa shape index (κ1) is 6.29. The van der Waals surface area contributed by atoms with E-state index in [4.69, 9.17) is 4.42 Å². The predicted molar refractivity (Wildman–Crippen MR) is 35.3 cm³/mol. The smallest absolute Gasteiger partial charge is 0.194 e. The van der Waals surface area contributed by atoms with Gasteiger partial charge in [0.2, 0.25) is 0 Å². The third kappa shape index (κ3) is 1.29. The van der Waals surface area contributed by atoms with Crippen molar-refractivity contribution >= 4 is 10.8 Å². The Balaban J connectivity index is 2.89. The fourth-order valence-corrected chi connectivity index (χ4v) is 0.987. The molecule has 0 aliphatic heterocycles. The minimum atomic E-state index is -1.16. The van der Waals surface area contributed by atoms with E-state index < -0.39 is 10.8 Å².